The van der Waals surface area contributed by atoms with Gasteiger partial charge >= 0.3 is 10.1 Å². The first-order valence-corrected chi connectivity index (χ1v) is 11.8. The molecule has 0 atom stereocenters. The number of nitrogens with zero attached hydrogens (tertiary/aromatic N) is 1. The Morgan fingerprint density at radius 2 is 1.48 bits per heavy atom. The topological polar surface area (TPSA) is 55.7 Å². The lowest BCUT2D eigenvalue weighted by Gasteiger charge is -2.11. The zero-order chi connectivity index (χ0) is 21.2. The summed E-state index contributed by atoms with van der Waals surface area (Å²) in [4.78, 5) is 4.59. The van der Waals surface area contributed by atoms with Crippen LogP contribution >= 0.6 is 31.9 Å². The summed E-state index contributed by atoms with van der Waals surface area (Å²) in [6.07, 6.45) is 1.72. The van der Waals surface area contributed by atoms with Crippen molar-refractivity contribution in [3.05, 3.63) is 85.8 Å². The van der Waals surface area contributed by atoms with Gasteiger partial charge in [-0.15, -0.1) is 0 Å². The molecule has 29 heavy (non-hydrogen) atoms. The molecule has 0 heterocycles. The van der Waals surface area contributed by atoms with Crippen LogP contribution in [0.1, 0.15) is 22.3 Å². The average Bonchev–Trinajstić information content (AvgIpc) is 2.66. The van der Waals surface area contributed by atoms with Crippen LogP contribution in [0, 0.1) is 20.8 Å². The van der Waals surface area contributed by atoms with Crippen LogP contribution in [0.2, 0.25) is 0 Å². The molecule has 0 fully saturated rings. The molecular weight excluding hydrogens is 518 g/mol. The Bertz CT molecular complexity index is 1160. The third kappa shape index (κ3) is 5.35. The normalized spacial score (nSPS) is 11.8. The van der Waals surface area contributed by atoms with Crippen molar-refractivity contribution in [2.75, 3.05) is 0 Å². The zero-order valence-electron chi connectivity index (χ0n) is 16.1. The Balaban J connectivity index is 1.86. The van der Waals surface area contributed by atoms with Crippen molar-refractivity contribution in [1.29, 1.82) is 0 Å². The predicted octanol–water partition coefficient (Wildman–Crippen LogP) is 6.66. The minimum Gasteiger partial charge on any atom is -0.377 e. The van der Waals surface area contributed by atoms with E-state index in [9.17, 15) is 8.42 Å². The first-order chi connectivity index (χ1) is 13.7. The largest absolute Gasteiger partial charge is 0.377 e. The summed E-state index contributed by atoms with van der Waals surface area (Å²) in [6, 6.07) is 16.0. The third-order valence-corrected chi connectivity index (χ3v) is 6.79. The standard InChI is InChI=1S/C22H19Br2NO3S/c1-14-4-8-19(9-5-14)29(26,27)28-22-20(23)11-17(12-21(22)24)13-25-18-7-6-15(2)16(3)10-18/h4-13H,1-3H3. The molecule has 0 aromatic heterocycles. The van der Waals surface area contributed by atoms with E-state index in [-0.39, 0.29) is 10.6 Å². The highest BCUT2D eigenvalue weighted by molar-refractivity contribution is 9.11. The Morgan fingerprint density at radius 3 is 2.07 bits per heavy atom. The second kappa shape index (κ2) is 8.81. The summed E-state index contributed by atoms with van der Waals surface area (Å²) in [6.45, 7) is 5.99. The molecule has 0 unspecified atom stereocenters. The molecule has 0 aliphatic carbocycles. The average molecular weight is 537 g/mol. The molecular formula is C22H19Br2NO3S. The Labute approximate surface area is 188 Å². The van der Waals surface area contributed by atoms with Gasteiger partial charge in [0.05, 0.1) is 14.6 Å². The number of halogens is 2. The molecule has 3 rings (SSSR count). The van der Waals surface area contributed by atoms with Crippen molar-refractivity contribution < 1.29 is 12.6 Å². The van der Waals surface area contributed by atoms with Crippen molar-refractivity contribution in [2.45, 2.75) is 25.7 Å². The van der Waals surface area contributed by atoms with Crippen molar-refractivity contribution in [1.82, 2.24) is 0 Å². The lowest BCUT2D eigenvalue weighted by atomic mass is 10.1. The van der Waals surface area contributed by atoms with E-state index >= 15 is 0 Å². The van der Waals surface area contributed by atoms with E-state index in [0.29, 0.717) is 8.95 Å². The van der Waals surface area contributed by atoms with E-state index < -0.39 is 10.1 Å². The molecule has 0 saturated carbocycles. The molecule has 4 nitrogen and oxygen atoms in total. The first-order valence-electron chi connectivity index (χ1n) is 8.77. The molecule has 0 radical (unpaired) electrons. The van der Waals surface area contributed by atoms with Crippen LogP contribution in [0.5, 0.6) is 5.75 Å². The minimum atomic E-state index is -3.95. The fraction of sp³-hybridized carbons (Fsp3) is 0.136. The molecule has 0 N–H and O–H groups in total. The summed E-state index contributed by atoms with van der Waals surface area (Å²) >= 11 is 6.80. The van der Waals surface area contributed by atoms with Crippen LogP contribution in [0.3, 0.4) is 0 Å². The summed E-state index contributed by atoms with van der Waals surface area (Å²) in [5.74, 6) is 0.189. The lowest BCUT2D eigenvalue weighted by molar-refractivity contribution is 0.483. The highest BCUT2D eigenvalue weighted by Gasteiger charge is 2.20. The fourth-order valence-corrected chi connectivity index (χ4v) is 5.11. The van der Waals surface area contributed by atoms with Gasteiger partial charge in [0.1, 0.15) is 4.90 Å². The minimum absolute atomic E-state index is 0.0993. The number of rotatable bonds is 5. The molecule has 7 heteroatoms. The lowest BCUT2D eigenvalue weighted by Crippen LogP contribution is -2.10. The molecule has 0 aliphatic rings. The van der Waals surface area contributed by atoms with Crippen LogP contribution in [-0.4, -0.2) is 14.6 Å². The molecule has 3 aromatic rings. The van der Waals surface area contributed by atoms with Crippen molar-refractivity contribution in [2.24, 2.45) is 4.99 Å². The van der Waals surface area contributed by atoms with Gasteiger partial charge < -0.3 is 4.18 Å². The van der Waals surface area contributed by atoms with Gasteiger partial charge in [0.25, 0.3) is 0 Å². The highest BCUT2D eigenvalue weighted by Crippen LogP contribution is 2.36. The van der Waals surface area contributed by atoms with E-state index in [4.69, 9.17) is 4.18 Å². The van der Waals surface area contributed by atoms with E-state index in [1.807, 2.05) is 32.0 Å². The van der Waals surface area contributed by atoms with Gasteiger partial charge in [-0.1, -0.05) is 23.8 Å². The molecule has 0 aliphatic heterocycles. The summed E-state index contributed by atoms with van der Waals surface area (Å²) in [7, 11) is -3.95. The van der Waals surface area contributed by atoms with Crippen molar-refractivity contribution in [3.8, 4) is 5.75 Å². The predicted molar refractivity (Wildman–Crippen MR) is 124 cm³/mol. The molecule has 0 saturated heterocycles. The van der Waals surface area contributed by atoms with Gasteiger partial charge in [0.15, 0.2) is 5.75 Å². The molecule has 0 spiro atoms. The maximum atomic E-state index is 12.6. The van der Waals surface area contributed by atoms with Gasteiger partial charge in [-0.05, 0) is 106 Å². The fourth-order valence-electron chi connectivity index (χ4n) is 2.55. The van der Waals surface area contributed by atoms with Crippen LogP contribution in [0.4, 0.5) is 5.69 Å². The van der Waals surface area contributed by atoms with Crippen LogP contribution < -0.4 is 4.18 Å². The van der Waals surface area contributed by atoms with Gasteiger partial charge in [-0.2, -0.15) is 8.42 Å². The maximum absolute atomic E-state index is 12.6. The SMILES string of the molecule is Cc1ccc(S(=O)(=O)Oc2c(Br)cc(C=Nc3ccc(C)c(C)c3)cc2Br)cc1. The number of hydrogen-bond acceptors (Lipinski definition) is 4. The first kappa shape index (κ1) is 21.7. The van der Waals surface area contributed by atoms with Gasteiger partial charge in [0.2, 0.25) is 0 Å². The van der Waals surface area contributed by atoms with Crippen molar-refractivity contribution in [3.63, 3.8) is 0 Å². The van der Waals surface area contributed by atoms with E-state index in [1.54, 1.807) is 30.5 Å². The smallest absolute Gasteiger partial charge is 0.339 e. The Hall–Kier alpha value is -1.96. The summed E-state index contributed by atoms with van der Waals surface area (Å²) in [5.41, 5.74) is 5.00. The summed E-state index contributed by atoms with van der Waals surface area (Å²) < 4.78 is 31.5. The van der Waals surface area contributed by atoms with Gasteiger partial charge in [0, 0.05) is 6.21 Å². The quantitative estimate of drug-likeness (QED) is 0.271. The highest BCUT2D eigenvalue weighted by atomic mass is 79.9. The second-order valence-electron chi connectivity index (χ2n) is 6.69. The number of benzene rings is 3. The maximum Gasteiger partial charge on any atom is 0.339 e. The number of hydrogen-bond donors (Lipinski definition) is 0. The van der Waals surface area contributed by atoms with Crippen LogP contribution in [0.25, 0.3) is 0 Å². The van der Waals surface area contributed by atoms with Crippen LogP contribution in [-0.2, 0) is 10.1 Å². The monoisotopic (exact) mass is 535 g/mol. The van der Waals surface area contributed by atoms with Crippen molar-refractivity contribution >= 4 is 53.9 Å². The molecule has 150 valence electrons. The van der Waals surface area contributed by atoms with E-state index in [0.717, 1.165) is 16.8 Å². The number of aliphatic imine (C=N–C) groups is 1. The molecule has 0 amide bonds. The van der Waals surface area contributed by atoms with E-state index in [1.165, 1.54) is 23.3 Å². The second-order valence-corrected chi connectivity index (χ2v) is 9.95. The number of aryl methyl sites for hydroxylation is 3. The molecule has 0 bridgehead atoms. The van der Waals surface area contributed by atoms with Crippen LogP contribution in [0.15, 0.2) is 73.4 Å². The Kier molecular flexibility index (Phi) is 6.61. The van der Waals surface area contributed by atoms with E-state index in [2.05, 4.69) is 43.8 Å². The zero-order valence-corrected chi connectivity index (χ0v) is 20.1. The third-order valence-electron chi connectivity index (χ3n) is 4.38. The summed E-state index contributed by atoms with van der Waals surface area (Å²) in [5, 5.41) is 0. The Morgan fingerprint density at radius 1 is 0.862 bits per heavy atom. The van der Waals surface area contributed by atoms with Gasteiger partial charge in [-0.25, -0.2) is 0 Å². The molecule has 3 aromatic carbocycles. The van der Waals surface area contributed by atoms with Gasteiger partial charge in [-0.3, -0.25) is 4.99 Å².